The Hall–Kier alpha value is -6.34. The van der Waals surface area contributed by atoms with Gasteiger partial charge in [-0.15, -0.1) is 0 Å². The van der Waals surface area contributed by atoms with E-state index in [9.17, 15) is 9.59 Å². The molecule has 0 saturated carbocycles. The van der Waals surface area contributed by atoms with Gasteiger partial charge in [-0.3, -0.25) is 9.59 Å². The Bertz CT molecular complexity index is 3320. The van der Waals surface area contributed by atoms with Crippen LogP contribution in [-0.2, 0) is 31.9 Å². The van der Waals surface area contributed by atoms with E-state index in [-0.39, 0.29) is 23.0 Å². The van der Waals surface area contributed by atoms with Gasteiger partial charge in [-0.05, 0) is 176 Å². The van der Waals surface area contributed by atoms with Crippen molar-refractivity contribution < 1.29 is 19.1 Å². The fourth-order valence-corrected chi connectivity index (χ4v) is 11.0. The maximum atomic E-state index is 12.9. The first kappa shape index (κ1) is 45.4. The van der Waals surface area contributed by atoms with Gasteiger partial charge in [-0.2, -0.15) is 0 Å². The second-order valence-electron chi connectivity index (χ2n) is 20.2. The first-order valence-corrected chi connectivity index (χ1v) is 25.0. The van der Waals surface area contributed by atoms with Crippen molar-refractivity contribution in [3.8, 4) is 0 Å². The lowest BCUT2D eigenvalue weighted by Gasteiger charge is -2.30. The highest BCUT2D eigenvalue weighted by atomic mass is 16.5. The number of aryl methyl sites for hydroxylation is 2. The fraction of sp³-hybridized carbons (Fsp3) is 0.323. The van der Waals surface area contributed by atoms with E-state index in [1.54, 1.807) is 0 Å². The average Bonchev–Trinajstić information content (AvgIpc) is 3.34. The van der Waals surface area contributed by atoms with Crippen LogP contribution in [0.1, 0.15) is 90.2 Å². The lowest BCUT2D eigenvalue weighted by Crippen LogP contribution is -2.32. The topological polar surface area (TPSA) is 76.7 Å². The number of nitrogens with one attached hydrogen (secondary N) is 2. The highest BCUT2D eigenvalue weighted by Crippen LogP contribution is 2.43. The van der Waals surface area contributed by atoms with Crippen molar-refractivity contribution in [3.63, 3.8) is 0 Å². The third-order valence-electron chi connectivity index (χ3n) is 14.5. The molecule has 0 atom stereocenters. The molecule has 0 aliphatic carbocycles. The number of amides is 2. The maximum Gasteiger partial charge on any atom is 0.220 e. The summed E-state index contributed by atoms with van der Waals surface area (Å²) in [6.07, 6.45) is 7.56. The predicted octanol–water partition coefficient (Wildman–Crippen LogP) is 14.5. The van der Waals surface area contributed by atoms with Crippen LogP contribution in [0.25, 0.3) is 86.2 Å². The molecule has 0 heterocycles. The molecule has 10 aromatic rings. The zero-order chi connectivity index (χ0) is 46.8. The summed E-state index contributed by atoms with van der Waals surface area (Å²) in [5.41, 5.74) is 1.95. The van der Waals surface area contributed by atoms with E-state index < -0.39 is 0 Å². The van der Waals surface area contributed by atoms with Crippen LogP contribution in [0.2, 0.25) is 0 Å². The molecule has 0 fully saturated rings. The molecule has 0 aliphatic rings. The van der Waals surface area contributed by atoms with Gasteiger partial charge in [0, 0.05) is 32.5 Å². The zero-order valence-corrected chi connectivity index (χ0v) is 40.2. The van der Waals surface area contributed by atoms with Crippen molar-refractivity contribution >= 4 is 98.0 Å². The van der Waals surface area contributed by atoms with Crippen LogP contribution in [-0.4, -0.2) is 49.3 Å². The van der Waals surface area contributed by atoms with Crippen LogP contribution < -0.4 is 10.6 Å². The van der Waals surface area contributed by atoms with Gasteiger partial charge in [-0.25, -0.2) is 0 Å². The van der Waals surface area contributed by atoms with Gasteiger partial charge in [-0.1, -0.05) is 133 Å². The molecule has 10 rings (SSSR count). The van der Waals surface area contributed by atoms with Crippen LogP contribution in [0.5, 0.6) is 0 Å². The first-order chi connectivity index (χ1) is 33.1. The van der Waals surface area contributed by atoms with E-state index in [1.165, 1.54) is 97.3 Å². The zero-order valence-electron chi connectivity index (χ0n) is 40.2. The molecule has 0 unspecified atom stereocenters. The molecule has 2 N–H and O–H groups in total. The minimum Gasteiger partial charge on any atom is -0.375 e. The third kappa shape index (κ3) is 9.29. The number of carbonyl (C=O) groups excluding carboxylic acids is 2. The Morgan fingerprint density at radius 1 is 0.397 bits per heavy atom. The summed E-state index contributed by atoms with van der Waals surface area (Å²) in [6.45, 7) is 10.8. The lowest BCUT2D eigenvalue weighted by atomic mass is 9.87. The molecule has 68 heavy (non-hydrogen) atoms. The van der Waals surface area contributed by atoms with Crippen LogP contribution >= 0.6 is 0 Å². The summed E-state index contributed by atoms with van der Waals surface area (Å²) >= 11 is 0. The Morgan fingerprint density at radius 3 is 1.24 bits per heavy atom. The van der Waals surface area contributed by atoms with Gasteiger partial charge in [0.25, 0.3) is 0 Å². The largest absolute Gasteiger partial charge is 0.375 e. The van der Waals surface area contributed by atoms with E-state index in [2.05, 4.69) is 172 Å². The fourth-order valence-electron chi connectivity index (χ4n) is 11.0. The molecule has 10 aromatic carbocycles. The number of ether oxygens (including phenoxy) is 2. The van der Waals surface area contributed by atoms with Gasteiger partial charge in [0.05, 0.1) is 17.8 Å². The van der Waals surface area contributed by atoms with Gasteiger partial charge >= 0.3 is 0 Å². The van der Waals surface area contributed by atoms with Crippen LogP contribution in [0.15, 0.2) is 133 Å². The van der Waals surface area contributed by atoms with Crippen LogP contribution in [0.3, 0.4) is 0 Å². The Labute approximate surface area is 400 Å². The number of hydrogen-bond donors (Lipinski definition) is 2. The van der Waals surface area contributed by atoms with E-state index in [4.69, 9.17) is 9.47 Å². The Kier molecular flexibility index (Phi) is 12.9. The maximum absolute atomic E-state index is 12.9. The van der Waals surface area contributed by atoms with Crippen molar-refractivity contribution in [2.75, 3.05) is 26.3 Å². The molecule has 346 valence electrons. The summed E-state index contributed by atoms with van der Waals surface area (Å²) < 4.78 is 12.6. The van der Waals surface area contributed by atoms with Crippen LogP contribution in [0, 0.1) is 0 Å². The summed E-state index contributed by atoms with van der Waals surface area (Å²) in [5, 5.41) is 27.1. The highest BCUT2D eigenvalue weighted by Gasteiger charge is 2.23. The number of carbonyl (C=O) groups is 2. The van der Waals surface area contributed by atoms with Gasteiger partial charge in [0.1, 0.15) is 0 Å². The smallest absolute Gasteiger partial charge is 0.220 e. The van der Waals surface area contributed by atoms with Crippen molar-refractivity contribution in [1.29, 1.82) is 0 Å². The molecule has 6 nitrogen and oxygen atoms in total. The number of hydrogen-bond acceptors (Lipinski definition) is 4. The summed E-state index contributed by atoms with van der Waals surface area (Å²) in [7, 11) is 0. The molecular weight excluding hydrogens is 837 g/mol. The number of benzene rings is 10. The number of rotatable bonds is 21. The SMILES string of the molecule is CC(C)(CCCNC(=O)CCCc1ccc2c3cccc4cccc(c5cccc1c52)c43)OCCC(C)(C)OCCCNC(=O)CCCc1ccc2c3cccc4cccc(c5cccc1c52)c43. The van der Waals surface area contributed by atoms with E-state index >= 15 is 0 Å². The molecule has 0 radical (unpaired) electrons. The second kappa shape index (κ2) is 19.3. The van der Waals surface area contributed by atoms with Gasteiger partial charge < -0.3 is 20.1 Å². The molecule has 0 aromatic heterocycles. The summed E-state index contributed by atoms with van der Waals surface area (Å²) in [6, 6.07) is 48.8. The van der Waals surface area contributed by atoms with Gasteiger partial charge in [0.15, 0.2) is 0 Å². The monoisotopic (exact) mass is 900 g/mol. The lowest BCUT2D eigenvalue weighted by molar-refractivity contribution is -0.122. The molecule has 6 heteroatoms. The Balaban J connectivity index is 0.602. The molecule has 2 amide bonds. The minimum atomic E-state index is -0.340. The van der Waals surface area contributed by atoms with Crippen molar-refractivity contribution in [1.82, 2.24) is 10.6 Å². The van der Waals surface area contributed by atoms with E-state index in [1.807, 2.05) is 0 Å². The molecule has 0 spiro atoms. The number of fused-ring (bicyclic) bond motifs is 4. The van der Waals surface area contributed by atoms with Crippen LogP contribution in [0.4, 0.5) is 0 Å². The minimum absolute atomic E-state index is 0.0906. The van der Waals surface area contributed by atoms with Crippen molar-refractivity contribution in [2.45, 2.75) is 103 Å². The van der Waals surface area contributed by atoms with Crippen molar-refractivity contribution in [3.05, 3.63) is 145 Å². The standard InChI is InChI=1S/C62H64N2O4/c1-61(2,35-13-37-63-55(65)29-9-15-41-31-33-53-49-25-7-19-43-17-5-23-47(57(43)49)51-27-11-21-45(41)59(51)53)68-40-36-62(3,4)67-39-14-38-64-56(66)30-10-16-42-32-34-54-50-26-8-20-44-18-6-24-48(58(44)50)52-28-12-22-46(42)60(52)54/h5-8,11-12,17-28,31-34H,9-10,13-16,29-30,35-40H2,1-4H3,(H,63,65)(H,64,66). The Morgan fingerprint density at radius 2 is 0.765 bits per heavy atom. The highest BCUT2D eigenvalue weighted by molar-refractivity contribution is 6.34. The van der Waals surface area contributed by atoms with E-state index in [0.717, 1.165) is 51.4 Å². The predicted molar refractivity (Wildman–Crippen MR) is 286 cm³/mol. The molecule has 0 saturated heterocycles. The first-order valence-electron chi connectivity index (χ1n) is 25.0. The summed E-state index contributed by atoms with van der Waals surface area (Å²) in [4.78, 5) is 25.7. The summed E-state index contributed by atoms with van der Waals surface area (Å²) in [5.74, 6) is 0.198. The second-order valence-corrected chi connectivity index (χ2v) is 20.2. The average molecular weight is 901 g/mol. The molecule has 0 aliphatic heterocycles. The molecule has 0 bridgehead atoms. The van der Waals surface area contributed by atoms with Gasteiger partial charge in [0.2, 0.25) is 11.8 Å². The third-order valence-corrected chi connectivity index (χ3v) is 14.5. The van der Waals surface area contributed by atoms with E-state index in [0.29, 0.717) is 39.1 Å². The molecular formula is C62H64N2O4. The van der Waals surface area contributed by atoms with Crippen molar-refractivity contribution in [2.24, 2.45) is 0 Å². The normalized spacial score (nSPS) is 12.6. The quantitative estimate of drug-likeness (QED) is 0.0428.